The van der Waals surface area contributed by atoms with Crippen molar-refractivity contribution in [2.45, 2.75) is 18.9 Å². The van der Waals surface area contributed by atoms with Gasteiger partial charge in [0.2, 0.25) is 0 Å². The molecule has 3 heteroatoms. The van der Waals surface area contributed by atoms with Gasteiger partial charge in [0.05, 0.1) is 7.11 Å². The Labute approximate surface area is 110 Å². The highest BCUT2D eigenvalue weighted by Crippen LogP contribution is 2.35. The molecule has 0 spiro atoms. The average molecular weight is 248 g/mol. The molecule has 0 bridgehead atoms. The summed E-state index contributed by atoms with van der Waals surface area (Å²) in [6.07, 6.45) is 2.61. The zero-order chi connectivity index (χ0) is 13.0. The van der Waals surface area contributed by atoms with Crippen molar-refractivity contribution in [1.29, 1.82) is 0 Å². The highest BCUT2D eigenvalue weighted by molar-refractivity contribution is 5.29. The number of piperidine rings is 1. The van der Waals surface area contributed by atoms with E-state index in [0.717, 1.165) is 12.3 Å². The molecule has 1 heterocycles. The van der Waals surface area contributed by atoms with Gasteiger partial charge in [-0.05, 0) is 63.6 Å². The van der Waals surface area contributed by atoms with Crippen molar-refractivity contribution in [2.24, 2.45) is 5.92 Å². The summed E-state index contributed by atoms with van der Waals surface area (Å²) in [5.74, 6) is 1.63. The SMILES string of the molecule is CNCC1CCCN(C)C1c1ccc(OC)cc1. The van der Waals surface area contributed by atoms with E-state index < -0.39 is 0 Å². The molecule has 0 amide bonds. The quantitative estimate of drug-likeness (QED) is 0.885. The second kappa shape index (κ2) is 6.21. The first-order chi connectivity index (χ1) is 8.76. The number of methoxy groups -OCH3 is 1. The fourth-order valence-electron chi connectivity index (χ4n) is 3.06. The third kappa shape index (κ3) is 2.85. The number of nitrogens with one attached hydrogen (secondary N) is 1. The first kappa shape index (κ1) is 13.4. The molecule has 1 aliphatic heterocycles. The highest BCUT2D eigenvalue weighted by Gasteiger charge is 2.29. The second-order valence-corrected chi connectivity index (χ2v) is 5.16. The molecule has 3 nitrogen and oxygen atoms in total. The van der Waals surface area contributed by atoms with Crippen LogP contribution in [0.1, 0.15) is 24.4 Å². The van der Waals surface area contributed by atoms with E-state index in [9.17, 15) is 0 Å². The van der Waals surface area contributed by atoms with E-state index >= 15 is 0 Å². The Hall–Kier alpha value is -1.06. The van der Waals surface area contributed by atoms with E-state index in [1.54, 1.807) is 7.11 Å². The second-order valence-electron chi connectivity index (χ2n) is 5.16. The molecule has 2 atom stereocenters. The zero-order valence-electron chi connectivity index (χ0n) is 11.6. The summed E-state index contributed by atoms with van der Waals surface area (Å²) >= 11 is 0. The van der Waals surface area contributed by atoms with Crippen LogP contribution in [0.15, 0.2) is 24.3 Å². The van der Waals surface area contributed by atoms with Crippen LogP contribution in [0.3, 0.4) is 0 Å². The van der Waals surface area contributed by atoms with Crippen molar-refractivity contribution in [3.05, 3.63) is 29.8 Å². The molecular formula is C15H24N2O. The van der Waals surface area contributed by atoms with Crippen molar-refractivity contribution in [3.8, 4) is 5.75 Å². The summed E-state index contributed by atoms with van der Waals surface area (Å²) in [6.45, 7) is 2.28. The molecule has 0 radical (unpaired) electrons. The third-order valence-electron chi connectivity index (χ3n) is 3.93. The van der Waals surface area contributed by atoms with Crippen LogP contribution in [0.2, 0.25) is 0 Å². The maximum atomic E-state index is 5.23. The molecular weight excluding hydrogens is 224 g/mol. The van der Waals surface area contributed by atoms with Gasteiger partial charge in [0.15, 0.2) is 0 Å². The average Bonchev–Trinajstić information content (AvgIpc) is 2.40. The number of nitrogens with zero attached hydrogens (tertiary/aromatic N) is 1. The molecule has 1 fully saturated rings. The van der Waals surface area contributed by atoms with Crippen molar-refractivity contribution in [2.75, 3.05) is 34.3 Å². The van der Waals surface area contributed by atoms with Crippen LogP contribution in [-0.2, 0) is 0 Å². The van der Waals surface area contributed by atoms with Crippen LogP contribution in [0.4, 0.5) is 0 Å². The number of rotatable bonds is 4. The summed E-state index contributed by atoms with van der Waals surface area (Å²) in [4.78, 5) is 2.48. The van der Waals surface area contributed by atoms with E-state index in [2.05, 4.69) is 41.5 Å². The minimum Gasteiger partial charge on any atom is -0.497 e. The summed E-state index contributed by atoms with van der Waals surface area (Å²) in [7, 11) is 5.99. The van der Waals surface area contributed by atoms with Gasteiger partial charge in [-0.2, -0.15) is 0 Å². The third-order valence-corrected chi connectivity index (χ3v) is 3.93. The van der Waals surface area contributed by atoms with Gasteiger partial charge in [-0.1, -0.05) is 12.1 Å². The number of benzene rings is 1. The molecule has 1 saturated heterocycles. The number of ether oxygens (including phenoxy) is 1. The number of likely N-dealkylation sites (tertiary alicyclic amines) is 1. The van der Waals surface area contributed by atoms with Gasteiger partial charge in [-0.3, -0.25) is 4.90 Å². The fourth-order valence-corrected chi connectivity index (χ4v) is 3.06. The molecule has 2 rings (SSSR count). The van der Waals surface area contributed by atoms with Crippen LogP contribution in [0, 0.1) is 5.92 Å². The monoisotopic (exact) mass is 248 g/mol. The minimum atomic E-state index is 0.525. The Bertz CT molecular complexity index is 361. The molecule has 1 N–H and O–H groups in total. The number of hydrogen-bond acceptors (Lipinski definition) is 3. The summed E-state index contributed by atoms with van der Waals surface area (Å²) < 4.78 is 5.23. The summed E-state index contributed by atoms with van der Waals surface area (Å²) in [5.41, 5.74) is 1.40. The Balaban J connectivity index is 2.19. The van der Waals surface area contributed by atoms with E-state index in [1.807, 2.05) is 7.05 Å². The lowest BCUT2D eigenvalue weighted by Crippen LogP contribution is -2.39. The Kier molecular flexibility index (Phi) is 4.61. The van der Waals surface area contributed by atoms with Gasteiger partial charge in [-0.25, -0.2) is 0 Å². The lowest BCUT2D eigenvalue weighted by atomic mass is 9.85. The Morgan fingerprint density at radius 3 is 2.67 bits per heavy atom. The van der Waals surface area contributed by atoms with Gasteiger partial charge in [0.1, 0.15) is 5.75 Å². The van der Waals surface area contributed by atoms with Gasteiger partial charge in [-0.15, -0.1) is 0 Å². The molecule has 0 saturated carbocycles. The highest BCUT2D eigenvalue weighted by atomic mass is 16.5. The van der Waals surface area contributed by atoms with Crippen LogP contribution in [0.25, 0.3) is 0 Å². The molecule has 1 aromatic carbocycles. The zero-order valence-corrected chi connectivity index (χ0v) is 11.6. The van der Waals surface area contributed by atoms with Crippen molar-refractivity contribution in [3.63, 3.8) is 0 Å². The predicted octanol–water partition coefficient (Wildman–Crippen LogP) is 2.30. The molecule has 100 valence electrons. The van der Waals surface area contributed by atoms with Crippen molar-refractivity contribution < 1.29 is 4.74 Å². The first-order valence-electron chi connectivity index (χ1n) is 6.75. The predicted molar refractivity (Wildman–Crippen MR) is 75.0 cm³/mol. The van der Waals surface area contributed by atoms with Crippen molar-refractivity contribution in [1.82, 2.24) is 10.2 Å². The van der Waals surface area contributed by atoms with Gasteiger partial charge in [0.25, 0.3) is 0 Å². The summed E-state index contributed by atoms with van der Waals surface area (Å²) in [5, 5.41) is 3.33. The number of hydrogen-bond donors (Lipinski definition) is 1. The van der Waals surface area contributed by atoms with Crippen LogP contribution in [-0.4, -0.2) is 39.2 Å². The van der Waals surface area contributed by atoms with Crippen molar-refractivity contribution >= 4 is 0 Å². The molecule has 18 heavy (non-hydrogen) atoms. The standard InChI is InChI=1S/C15H24N2O/c1-16-11-13-5-4-10-17(2)15(13)12-6-8-14(18-3)9-7-12/h6-9,13,15-16H,4-5,10-11H2,1-3H3. The molecule has 0 aromatic heterocycles. The fraction of sp³-hybridized carbons (Fsp3) is 0.600. The van der Waals surface area contributed by atoms with Gasteiger partial charge >= 0.3 is 0 Å². The smallest absolute Gasteiger partial charge is 0.118 e. The lowest BCUT2D eigenvalue weighted by Gasteiger charge is -2.39. The molecule has 2 unspecified atom stereocenters. The van der Waals surface area contributed by atoms with E-state index in [0.29, 0.717) is 12.0 Å². The molecule has 0 aliphatic carbocycles. The van der Waals surface area contributed by atoms with E-state index in [1.165, 1.54) is 24.9 Å². The first-order valence-corrected chi connectivity index (χ1v) is 6.75. The maximum absolute atomic E-state index is 5.23. The lowest BCUT2D eigenvalue weighted by molar-refractivity contribution is 0.121. The Morgan fingerprint density at radius 2 is 2.06 bits per heavy atom. The topological polar surface area (TPSA) is 24.5 Å². The van der Waals surface area contributed by atoms with Gasteiger partial charge < -0.3 is 10.1 Å². The largest absolute Gasteiger partial charge is 0.497 e. The summed E-state index contributed by atoms with van der Waals surface area (Å²) in [6, 6.07) is 9.06. The molecule has 1 aromatic rings. The Morgan fingerprint density at radius 1 is 1.33 bits per heavy atom. The normalized spacial score (nSPS) is 25.1. The van der Waals surface area contributed by atoms with Crippen LogP contribution < -0.4 is 10.1 Å². The minimum absolute atomic E-state index is 0.525. The van der Waals surface area contributed by atoms with E-state index in [4.69, 9.17) is 4.74 Å². The molecule has 1 aliphatic rings. The van der Waals surface area contributed by atoms with Gasteiger partial charge in [0, 0.05) is 6.04 Å². The van der Waals surface area contributed by atoms with Crippen LogP contribution >= 0.6 is 0 Å². The maximum Gasteiger partial charge on any atom is 0.118 e. The van der Waals surface area contributed by atoms with E-state index in [-0.39, 0.29) is 0 Å². The van der Waals surface area contributed by atoms with Crippen LogP contribution in [0.5, 0.6) is 5.75 Å².